The molecule has 184 valence electrons. The van der Waals surface area contributed by atoms with E-state index in [0.717, 1.165) is 28.7 Å². The van der Waals surface area contributed by atoms with Gasteiger partial charge in [-0.25, -0.2) is 4.39 Å². The lowest BCUT2D eigenvalue weighted by atomic mass is 9.98. The van der Waals surface area contributed by atoms with E-state index in [0.29, 0.717) is 22.7 Å². The van der Waals surface area contributed by atoms with Crippen LogP contribution in [0.1, 0.15) is 34.0 Å². The number of carbonyl (C=O) groups excluding carboxylic acids is 1. The van der Waals surface area contributed by atoms with E-state index in [1.807, 2.05) is 42.5 Å². The van der Waals surface area contributed by atoms with Crippen LogP contribution in [0.3, 0.4) is 0 Å². The van der Waals surface area contributed by atoms with Crippen molar-refractivity contribution >= 4 is 5.78 Å². The number of rotatable bonds is 8. The summed E-state index contributed by atoms with van der Waals surface area (Å²) in [7, 11) is 0. The predicted octanol–water partition coefficient (Wildman–Crippen LogP) is 5.75. The first-order chi connectivity index (χ1) is 18.0. The number of phenolic OH excluding ortho intramolecular Hbond substituents is 1. The molecular weight excluding hydrogens is 471 g/mol. The summed E-state index contributed by atoms with van der Waals surface area (Å²) in [6.07, 6.45) is 0.738. The first-order valence-electron chi connectivity index (χ1n) is 11.6. The molecule has 7 nitrogen and oxygen atoms in total. The van der Waals surface area contributed by atoms with Crippen molar-refractivity contribution in [2.45, 2.75) is 20.0 Å². The monoisotopic (exact) mass is 494 g/mol. The topological polar surface area (TPSA) is 101 Å². The van der Waals surface area contributed by atoms with Crippen LogP contribution < -0.4 is 4.74 Å². The number of halogens is 1. The summed E-state index contributed by atoms with van der Waals surface area (Å²) in [5.74, 6) is 0.101. The van der Waals surface area contributed by atoms with Crippen LogP contribution in [0.25, 0.3) is 22.5 Å². The second kappa shape index (κ2) is 10.4. The number of hydrogen-bond donors (Lipinski definition) is 2. The first-order valence-corrected chi connectivity index (χ1v) is 11.6. The van der Waals surface area contributed by atoms with E-state index in [2.05, 4.69) is 26.7 Å². The summed E-state index contributed by atoms with van der Waals surface area (Å²) in [5.41, 5.74) is 5.16. The Kier molecular flexibility index (Phi) is 6.72. The maximum atomic E-state index is 13.5. The molecular formula is C29H23FN4O3. The molecule has 0 aliphatic rings. The second-order valence-corrected chi connectivity index (χ2v) is 8.62. The Balaban J connectivity index is 1.32. The van der Waals surface area contributed by atoms with Gasteiger partial charge in [-0.2, -0.15) is 5.21 Å². The Morgan fingerprint density at radius 1 is 0.919 bits per heavy atom. The van der Waals surface area contributed by atoms with Gasteiger partial charge in [-0.3, -0.25) is 4.79 Å². The molecule has 5 rings (SSSR count). The number of ketones is 1. The fraction of sp³-hybridized carbons (Fsp3) is 0.103. The van der Waals surface area contributed by atoms with Crippen molar-refractivity contribution in [3.63, 3.8) is 0 Å². The summed E-state index contributed by atoms with van der Waals surface area (Å²) < 4.78 is 19.5. The molecule has 0 saturated heterocycles. The van der Waals surface area contributed by atoms with Gasteiger partial charge in [0.05, 0.1) is 11.1 Å². The second-order valence-electron chi connectivity index (χ2n) is 8.62. The van der Waals surface area contributed by atoms with Gasteiger partial charge in [0.25, 0.3) is 0 Å². The molecule has 5 aromatic rings. The molecule has 4 aromatic carbocycles. The fourth-order valence-corrected chi connectivity index (χ4v) is 4.13. The number of ether oxygens (including phenoxy) is 1. The third-order valence-electron chi connectivity index (χ3n) is 6.01. The zero-order valence-corrected chi connectivity index (χ0v) is 20.0. The smallest absolute Gasteiger partial charge is 0.204 e. The van der Waals surface area contributed by atoms with Gasteiger partial charge in [-0.1, -0.05) is 54.6 Å². The van der Waals surface area contributed by atoms with E-state index < -0.39 is 5.82 Å². The number of nitrogens with zero attached hydrogens (tertiary/aromatic N) is 3. The van der Waals surface area contributed by atoms with E-state index >= 15 is 0 Å². The summed E-state index contributed by atoms with van der Waals surface area (Å²) in [5, 5.41) is 24.9. The molecule has 0 atom stereocenters. The average Bonchev–Trinajstić information content (AvgIpc) is 3.44. The van der Waals surface area contributed by atoms with Crippen LogP contribution in [-0.2, 0) is 13.0 Å². The van der Waals surface area contributed by atoms with Gasteiger partial charge < -0.3 is 9.84 Å². The maximum absolute atomic E-state index is 13.5. The van der Waals surface area contributed by atoms with Crippen LogP contribution in [0.15, 0.2) is 84.9 Å². The number of tetrazole rings is 1. The predicted molar refractivity (Wildman–Crippen MR) is 137 cm³/mol. The number of aromatic nitrogens is 4. The zero-order valence-electron chi connectivity index (χ0n) is 20.0. The summed E-state index contributed by atoms with van der Waals surface area (Å²) in [4.78, 5) is 12.0. The number of carbonyl (C=O) groups is 1. The highest BCUT2D eigenvalue weighted by Gasteiger charge is 2.18. The van der Waals surface area contributed by atoms with Crippen molar-refractivity contribution in [3.05, 3.63) is 113 Å². The molecule has 0 spiro atoms. The van der Waals surface area contributed by atoms with Crippen molar-refractivity contribution in [3.8, 4) is 34.0 Å². The quantitative estimate of drug-likeness (QED) is 0.266. The van der Waals surface area contributed by atoms with Crippen LogP contribution in [0.2, 0.25) is 0 Å². The van der Waals surface area contributed by atoms with Crippen LogP contribution in [0.4, 0.5) is 4.39 Å². The zero-order chi connectivity index (χ0) is 25.8. The highest BCUT2D eigenvalue weighted by molar-refractivity contribution is 6.00. The van der Waals surface area contributed by atoms with E-state index in [1.54, 1.807) is 18.2 Å². The Labute approximate surface area is 212 Å². The SMILES string of the molecule is CC(=O)c1ccc(OCc2ccc(Cc3cccc(-c4nn[nH]n4)c3)cc2)c(-c2ccc(F)cc2)c1O. The number of benzene rings is 4. The van der Waals surface area contributed by atoms with Gasteiger partial charge >= 0.3 is 0 Å². The number of phenols is 1. The van der Waals surface area contributed by atoms with Gasteiger partial charge in [0.1, 0.15) is 23.9 Å². The van der Waals surface area contributed by atoms with Gasteiger partial charge in [0.2, 0.25) is 5.82 Å². The maximum Gasteiger partial charge on any atom is 0.204 e. The molecule has 0 saturated carbocycles. The molecule has 0 aliphatic carbocycles. The van der Waals surface area contributed by atoms with E-state index in [9.17, 15) is 14.3 Å². The van der Waals surface area contributed by atoms with E-state index in [1.165, 1.54) is 25.1 Å². The lowest BCUT2D eigenvalue weighted by Crippen LogP contribution is -2.01. The summed E-state index contributed by atoms with van der Waals surface area (Å²) >= 11 is 0. The Morgan fingerprint density at radius 2 is 1.68 bits per heavy atom. The minimum Gasteiger partial charge on any atom is -0.506 e. The molecule has 8 heteroatoms. The molecule has 1 heterocycles. The Morgan fingerprint density at radius 3 is 2.38 bits per heavy atom. The standard InChI is InChI=1S/C29H23FN4O3/c1-18(35)25-13-14-26(27(28(25)36)22-9-11-24(30)12-10-22)37-17-20-7-5-19(6-8-20)15-21-3-2-4-23(16-21)29-31-33-34-32-29/h2-14,16,36H,15,17H2,1H3,(H,31,32,33,34). The Bertz CT molecular complexity index is 1530. The van der Waals surface area contributed by atoms with Gasteiger partial charge in [-0.15, -0.1) is 10.2 Å². The highest BCUT2D eigenvalue weighted by atomic mass is 19.1. The number of H-pyrrole nitrogens is 1. The largest absolute Gasteiger partial charge is 0.506 e. The summed E-state index contributed by atoms with van der Waals surface area (Å²) in [6, 6.07) is 24.9. The van der Waals surface area contributed by atoms with E-state index in [-0.39, 0.29) is 23.7 Å². The van der Waals surface area contributed by atoms with Crippen molar-refractivity contribution in [1.29, 1.82) is 0 Å². The first kappa shape index (κ1) is 23.9. The van der Waals surface area contributed by atoms with Crippen LogP contribution in [0.5, 0.6) is 11.5 Å². The molecule has 0 amide bonds. The third-order valence-corrected chi connectivity index (χ3v) is 6.01. The van der Waals surface area contributed by atoms with E-state index in [4.69, 9.17) is 4.74 Å². The normalized spacial score (nSPS) is 10.9. The van der Waals surface area contributed by atoms with Crippen molar-refractivity contribution in [1.82, 2.24) is 20.6 Å². The molecule has 0 unspecified atom stereocenters. The molecule has 0 fully saturated rings. The lowest BCUT2D eigenvalue weighted by Gasteiger charge is -2.15. The number of aromatic amines is 1. The molecule has 2 N–H and O–H groups in total. The number of Topliss-reactive ketones (excluding diaryl/α,β-unsaturated/α-hetero) is 1. The molecule has 0 radical (unpaired) electrons. The van der Waals surface area contributed by atoms with Crippen molar-refractivity contribution in [2.24, 2.45) is 0 Å². The van der Waals surface area contributed by atoms with Crippen molar-refractivity contribution in [2.75, 3.05) is 0 Å². The fourth-order valence-electron chi connectivity index (χ4n) is 4.13. The van der Waals surface area contributed by atoms with Crippen molar-refractivity contribution < 1.29 is 19.0 Å². The third kappa shape index (κ3) is 5.38. The van der Waals surface area contributed by atoms with Gasteiger partial charge in [-0.05, 0) is 71.1 Å². The summed E-state index contributed by atoms with van der Waals surface area (Å²) in [6.45, 7) is 1.63. The molecule has 37 heavy (non-hydrogen) atoms. The number of nitrogens with one attached hydrogen (secondary N) is 1. The molecule has 0 aliphatic heterocycles. The van der Waals surface area contributed by atoms with Crippen LogP contribution in [-0.4, -0.2) is 31.5 Å². The van der Waals surface area contributed by atoms with Gasteiger partial charge in [0, 0.05) is 5.56 Å². The molecule has 0 bridgehead atoms. The lowest BCUT2D eigenvalue weighted by molar-refractivity contribution is 0.101. The highest BCUT2D eigenvalue weighted by Crippen LogP contribution is 2.40. The van der Waals surface area contributed by atoms with Crippen LogP contribution >= 0.6 is 0 Å². The number of aromatic hydroxyl groups is 1. The van der Waals surface area contributed by atoms with Gasteiger partial charge in [0.15, 0.2) is 5.78 Å². The van der Waals surface area contributed by atoms with Crippen LogP contribution in [0, 0.1) is 5.82 Å². The minimum atomic E-state index is -0.393. The minimum absolute atomic E-state index is 0.180. The average molecular weight is 495 g/mol. The molecule has 1 aromatic heterocycles. The Hall–Kier alpha value is -4.85. The number of hydrogen-bond acceptors (Lipinski definition) is 6.